The first kappa shape index (κ1) is 45.0. The molecule has 16 heteroatoms. The number of aromatic hydroxyl groups is 3. The summed E-state index contributed by atoms with van der Waals surface area (Å²) in [4.78, 5) is 53.7. The molecule has 0 saturated carbocycles. The van der Waals surface area contributed by atoms with Gasteiger partial charge in [0, 0.05) is 61.2 Å². The van der Waals surface area contributed by atoms with Gasteiger partial charge in [0.05, 0.1) is 35.5 Å². The van der Waals surface area contributed by atoms with E-state index in [1.807, 2.05) is 0 Å². The maximum Gasteiger partial charge on any atom is 0.417 e. The van der Waals surface area contributed by atoms with Crippen LogP contribution in [0.3, 0.4) is 0 Å². The fourth-order valence-electron chi connectivity index (χ4n) is 7.57. The Morgan fingerprint density at radius 2 is 1.55 bits per heavy atom. The predicted molar refractivity (Wildman–Crippen MR) is 220 cm³/mol. The Kier molecular flexibility index (Phi) is 13.5. The molecule has 0 aromatic heterocycles. The summed E-state index contributed by atoms with van der Waals surface area (Å²) in [5.41, 5.74) is -1.42. The molecule has 6 rings (SSSR count). The second-order valence-electron chi connectivity index (χ2n) is 15.4. The first-order valence-corrected chi connectivity index (χ1v) is 19.4. The molecule has 5 bridgehead atoms. The monoisotopic (exact) mass is 832 g/mol. The summed E-state index contributed by atoms with van der Waals surface area (Å²) in [6.07, 6.45) is 1.95. The van der Waals surface area contributed by atoms with Crippen molar-refractivity contribution in [2.45, 2.75) is 85.6 Å². The lowest BCUT2D eigenvalue weighted by molar-refractivity contribution is -0.160. The van der Waals surface area contributed by atoms with Gasteiger partial charge in [0.15, 0.2) is 5.75 Å². The third-order valence-electron chi connectivity index (χ3n) is 11.2. The molecule has 3 heterocycles. The number of phenolic OH excluding ortho intramolecular Hbond substituents is 3. The number of hydrogen-bond acceptors (Lipinski definition) is 14. The van der Waals surface area contributed by atoms with E-state index in [2.05, 4.69) is 10.6 Å². The Balaban J connectivity index is 1.71. The van der Waals surface area contributed by atoms with Crippen molar-refractivity contribution in [1.82, 2.24) is 0 Å². The highest BCUT2D eigenvalue weighted by atomic mass is 16.7. The highest BCUT2D eigenvalue weighted by Gasteiger charge is 2.50. The number of anilines is 2. The molecule has 16 nitrogen and oxygen atoms in total. The zero-order valence-electron chi connectivity index (χ0n) is 34.8. The Morgan fingerprint density at radius 3 is 2.18 bits per heavy atom. The van der Waals surface area contributed by atoms with E-state index >= 15 is 0 Å². The van der Waals surface area contributed by atoms with Crippen LogP contribution in [0.1, 0.15) is 64.4 Å². The fourth-order valence-corrected chi connectivity index (χ4v) is 7.57. The fraction of sp³-hybridized carbons (Fsp3) is 0.409. The largest absolute Gasteiger partial charge is 0.507 e. The number of nitrogens with one attached hydrogen (secondary N) is 2. The van der Waals surface area contributed by atoms with Crippen LogP contribution >= 0.6 is 0 Å². The van der Waals surface area contributed by atoms with E-state index in [-0.39, 0.29) is 28.2 Å². The van der Waals surface area contributed by atoms with Crippen molar-refractivity contribution in [3.8, 4) is 28.7 Å². The maximum atomic E-state index is 14.4. The third kappa shape index (κ3) is 8.76. The number of esters is 1. The molecule has 60 heavy (non-hydrogen) atoms. The summed E-state index contributed by atoms with van der Waals surface area (Å²) >= 11 is 0. The van der Waals surface area contributed by atoms with Gasteiger partial charge in [-0.1, -0.05) is 64.1 Å². The lowest BCUT2D eigenvalue weighted by atomic mass is 9.78. The number of amides is 2. The Labute approximate surface area is 347 Å². The number of ether oxygens (including phenoxy) is 5. The number of aliphatic hydroxyl groups excluding tert-OH is 2. The molecule has 322 valence electrons. The van der Waals surface area contributed by atoms with E-state index in [9.17, 15) is 44.7 Å². The van der Waals surface area contributed by atoms with Crippen LogP contribution in [0.5, 0.6) is 28.7 Å². The SMILES string of the molecule is CO[C@H]1/C=C/O[C@@]2(C)Oc3c(C)c(O)c4c(O)c(c(NC(=O)Oc5ccccc5)c(O)c4c3C2=O)NC(=O)/C(C)=C\C=C\[C@H](C)[C@H](O)[C@@H](C)[C@@H](O)[C@@H](C)[C@H](OC(C)=O)[C@@H]1C. The molecular formula is C44H52N2O14. The van der Waals surface area contributed by atoms with E-state index in [0.717, 1.165) is 6.26 Å². The summed E-state index contributed by atoms with van der Waals surface area (Å²) in [5.74, 6) is -9.45. The minimum atomic E-state index is -2.13. The number of carbonyl (C=O) groups excluding carboxylic acids is 4. The van der Waals surface area contributed by atoms with Gasteiger partial charge < -0.3 is 54.5 Å². The molecule has 0 spiro atoms. The van der Waals surface area contributed by atoms with E-state index < -0.39 is 117 Å². The Bertz CT molecular complexity index is 2250. The van der Waals surface area contributed by atoms with Crippen molar-refractivity contribution in [3.05, 3.63) is 77.6 Å². The van der Waals surface area contributed by atoms with E-state index in [0.29, 0.717) is 0 Å². The normalized spacial score (nSPS) is 29.4. The van der Waals surface area contributed by atoms with E-state index in [1.165, 1.54) is 65.2 Å². The first-order valence-electron chi connectivity index (χ1n) is 19.4. The number of phenols is 3. The lowest BCUT2D eigenvalue weighted by Crippen LogP contribution is -2.46. The second kappa shape index (κ2) is 18.0. The smallest absolute Gasteiger partial charge is 0.417 e. The molecule has 2 amide bonds. The number of aliphatic hydroxyl groups is 2. The van der Waals surface area contributed by atoms with Crippen LogP contribution in [0.2, 0.25) is 0 Å². The van der Waals surface area contributed by atoms with Crippen LogP contribution in [0.15, 0.2) is 66.5 Å². The number of rotatable bonds is 4. The van der Waals surface area contributed by atoms with Gasteiger partial charge in [0.1, 0.15) is 40.5 Å². The molecule has 0 radical (unpaired) electrons. The van der Waals surface area contributed by atoms with Crippen molar-refractivity contribution in [3.63, 3.8) is 0 Å². The van der Waals surface area contributed by atoms with Crippen molar-refractivity contribution in [2.75, 3.05) is 17.7 Å². The molecule has 3 aromatic carbocycles. The van der Waals surface area contributed by atoms with Gasteiger partial charge >= 0.3 is 17.8 Å². The van der Waals surface area contributed by atoms with Gasteiger partial charge in [-0.3, -0.25) is 19.7 Å². The van der Waals surface area contributed by atoms with Crippen LogP contribution in [-0.4, -0.2) is 86.6 Å². The van der Waals surface area contributed by atoms with Gasteiger partial charge in [-0.2, -0.15) is 0 Å². The van der Waals surface area contributed by atoms with Crippen molar-refractivity contribution >= 4 is 45.9 Å². The van der Waals surface area contributed by atoms with Crippen LogP contribution in [0.4, 0.5) is 16.2 Å². The lowest BCUT2D eigenvalue weighted by Gasteiger charge is -2.38. The molecule has 9 atom stereocenters. The minimum Gasteiger partial charge on any atom is -0.507 e. The highest BCUT2D eigenvalue weighted by Crippen LogP contribution is 2.57. The predicted octanol–water partition coefficient (Wildman–Crippen LogP) is 6.37. The number of ketones is 1. The van der Waals surface area contributed by atoms with Crippen molar-refractivity contribution < 1.29 is 68.4 Å². The van der Waals surface area contributed by atoms with Crippen LogP contribution in [0, 0.1) is 30.6 Å². The number of Topliss-reactive ketones (excluding diaryl/α,β-unsaturated/α-hetero) is 1. The molecule has 0 aliphatic carbocycles. The second-order valence-corrected chi connectivity index (χ2v) is 15.4. The molecule has 3 aromatic rings. The van der Waals surface area contributed by atoms with Crippen molar-refractivity contribution in [1.29, 1.82) is 0 Å². The molecule has 3 aliphatic rings. The van der Waals surface area contributed by atoms with Gasteiger partial charge in [0.25, 0.3) is 11.7 Å². The number of hydrogen-bond donors (Lipinski definition) is 7. The zero-order valence-corrected chi connectivity index (χ0v) is 34.8. The number of methoxy groups -OCH3 is 1. The zero-order chi connectivity index (χ0) is 44.4. The number of benzene rings is 3. The number of fused-ring (bicyclic) bond motifs is 14. The molecule has 0 saturated heterocycles. The quantitative estimate of drug-likeness (QED) is 0.0860. The molecule has 0 fully saturated rings. The average molecular weight is 833 g/mol. The van der Waals surface area contributed by atoms with Gasteiger partial charge in [-0.25, -0.2) is 4.79 Å². The Hall–Kier alpha value is -6.10. The standard InChI is InChI=1S/C44H52N2O14/c1-20-14-13-15-21(2)42(54)45-32-33(46-43(55)59-27-16-11-10-12-17-27)37(51)29-30(38(32)52)36(50)25(6)40-31(29)41(53)44(8,60-40)57-19-18-28(56-9)22(3)39(58-26(7)47)24(5)35(49)23(4)34(20)48/h10-20,22-24,28,34-35,39,48-52H,1-9H3,(H,45,54)(H,46,55)/b14-13+,19-18+,21-15-/t20-,22+,23+,24+,28-,34-,35+,39+,44-/m0/s1. The summed E-state index contributed by atoms with van der Waals surface area (Å²) in [6.45, 7) is 12.2. The number of carbonyl (C=O) groups is 4. The highest BCUT2D eigenvalue weighted by molar-refractivity contribution is 6.24. The van der Waals surface area contributed by atoms with Gasteiger partial charge in [0.2, 0.25) is 0 Å². The van der Waals surface area contributed by atoms with Gasteiger partial charge in [-0.15, -0.1) is 0 Å². The average Bonchev–Trinajstić information content (AvgIpc) is 3.47. The van der Waals surface area contributed by atoms with E-state index in [4.69, 9.17) is 23.7 Å². The van der Waals surface area contributed by atoms with Crippen LogP contribution in [-0.2, 0) is 23.8 Å². The molecular weight excluding hydrogens is 780 g/mol. The third-order valence-corrected chi connectivity index (χ3v) is 11.2. The van der Waals surface area contributed by atoms with E-state index in [1.54, 1.807) is 52.0 Å². The topological polar surface area (TPSA) is 240 Å². The summed E-state index contributed by atoms with van der Waals surface area (Å²) in [6, 6.07) is 7.90. The number of para-hydroxylation sites is 1. The summed E-state index contributed by atoms with van der Waals surface area (Å²) < 4.78 is 28.8. The van der Waals surface area contributed by atoms with Gasteiger partial charge in [-0.05, 0) is 32.1 Å². The molecule has 7 N–H and O–H groups in total. The van der Waals surface area contributed by atoms with Crippen LogP contribution < -0.4 is 20.1 Å². The Morgan fingerprint density at radius 1 is 0.883 bits per heavy atom. The summed E-state index contributed by atoms with van der Waals surface area (Å²) in [7, 11) is 1.41. The molecule has 3 aliphatic heterocycles. The number of allylic oxidation sites excluding steroid dienone is 2. The summed E-state index contributed by atoms with van der Waals surface area (Å²) in [5, 5.41) is 62.1. The van der Waals surface area contributed by atoms with Crippen LogP contribution in [0.25, 0.3) is 10.8 Å². The van der Waals surface area contributed by atoms with Crippen molar-refractivity contribution in [2.24, 2.45) is 23.7 Å². The molecule has 0 unspecified atom stereocenters. The minimum absolute atomic E-state index is 0.0317. The maximum absolute atomic E-state index is 14.4. The first-order chi connectivity index (χ1) is 28.2.